The third kappa shape index (κ3) is 4.85. The smallest absolute Gasteiger partial charge is 0.410 e. The topological polar surface area (TPSA) is 105 Å². The van der Waals surface area contributed by atoms with Gasteiger partial charge >= 0.3 is 12.2 Å². The van der Waals surface area contributed by atoms with Gasteiger partial charge in [0.05, 0.1) is 29.6 Å². The number of ether oxygens (including phenoxy) is 2. The van der Waals surface area contributed by atoms with Crippen LogP contribution in [0.5, 0.6) is 11.5 Å². The first-order chi connectivity index (χ1) is 15.5. The Labute approximate surface area is 188 Å². The summed E-state index contributed by atoms with van der Waals surface area (Å²) in [4.78, 5) is 26.4. The lowest BCUT2D eigenvalue weighted by Crippen LogP contribution is -2.37. The first-order valence-electron chi connectivity index (χ1n) is 10.0. The quantitative estimate of drug-likeness (QED) is 0.678. The van der Waals surface area contributed by atoms with Gasteiger partial charge in [0.15, 0.2) is 5.82 Å². The van der Waals surface area contributed by atoms with Crippen molar-refractivity contribution in [1.82, 2.24) is 9.80 Å². The van der Waals surface area contributed by atoms with Crippen molar-refractivity contribution in [2.75, 3.05) is 18.8 Å². The molecule has 0 spiro atoms. The molecule has 0 atom stereocenters. The molecule has 2 aromatic carbocycles. The van der Waals surface area contributed by atoms with Gasteiger partial charge in [-0.3, -0.25) is 9.62 Å². The van der Waals surface area contributed by atoms with Gasteiger partial charge < -0.3 is 14.4 Å². The Balaban J connectivity index is 1.53. The van der Waals surface area contributed by atoms with Gasteiger partial charge in [-0.2, -0.15) is 0 Å². The number of fused-ring (bicyclic) bond motifs is 1. The fourth-order valence-electron chi connectivity index (χ4n) is 3.22. The summed E-state index contributed by atoms with van der Waals surface area (Å²) in [5.41, 5.74) is -0.155. The summed E-state index contributed by atoms with van der Waals surface area (Å²) in [5, 5.41) is -0.529. The number of carbonyl (C=O) groups is 2. The Morgan fingerprint density at radius 1 is 1.27 bits per heavy atom. The summed E-state index contributed by atoms with van der Waals surface area (Å²) in [6.45, 7) is -0.501. The van der Waals surface area contributed by atoms with Crippen LogP contribution in [-0.4, -0.2) is 49.7 Å². The maximum atomic E-state index is 15.0. The maximum Gasteiger partial charge on any atom is 0.415 e. The fourth-order valence-corrected chi connectivity index (χ4v) is 4.61. The van der Waals surface area contributed by atoms with E-state index in [1.165, 1.54) is 38.4 Å². The highest BCUT2D eigenvalue weighted by Crippen LogP contribution is 2.35. The van der Waals surface area contributed by atoms with Gasteiger partial charge in [-0.1, -0.05) is 12.1 Å². The molecular weight excluding hydrogens is 460 g/mol. The summed E-state index contributed by atoms with van der Waals surface area (Å²) in [7, 11) is -0.754. The van der Waals surface area contributed by atoms with E-state index in [9.17, 15) is 26.8 Å². The van der Waals surface area contributed by atoms with Crippen molar-refractivity contribution in [2.24, 2.45) is 0 Å². The van der Waals surface area contributed by atoms with Crippen LogP contribution in [0.2, 0.25) is 0 Å². The minimum Gasteiger partial charge on any atom is -0.410 e. The number of hydrogen-bond donors (Lipinski definition) is 1. The molecule has 1 aliphatic carbocycles. The predicted molar refractivity (Wildman–Crippen MR) is 113 cm³/mol. The van der Waals surface area contributed by atoms with Gasteiger partial charge in [-0.05, 0) is 18.9 Å². The minimum atomic E-state index is -3.67. The van der Waals surface area contributed by atoms with Crippen LogP contribution in [0.3, 0.4) is 0 Å². The van der Waals surface area contributed by atoms with E-state index in [-0.39, 0.29) is 41.4 Å². The third-order valence-corrected chi connectivity index (χ3v) is 7.01. The van der Waals surface area contributed by atoms with Crippen molar-refractivity contribution >= 4 is 27.9 Å². The molecule has 33 heavy (non-hydrogen) atoms. The molecule has 176 valence electrons. The number of nitrogens with zero attached hydrogens (tertiary/aromatic N) is 2. The number of anilines is 1. The lowest BCUT2D eigenvalue weighted by molar-refractivity contribution is 0.133. The van der Waals surface area contributed by atoms with E-state index in [2.05, 4.69) is 4.72 Å². The average molecular weight is 481 g/mol. The first kappa shape index (κ1) is 22.8. The van der Waals surface area contributed by atoms with Gasteiger partial charge in [0.2, 0.25) is 10.0 Å². The number of rotatable bonds is 6. The molecule has 1 heterocycles. The number of hydrogen-bond acceptors (Lipinski definition) is 6. The summed E-state index contributed by atoms with van der Waals surface area (Å²) < 4.78 is 66.3. The van der Waals surface area contributed by atoms with E-state index in [1.54, 1.807) is 0 Å². The second kappa shape index (κ2) is 8.50. The maximum absolute atomic E-state index is 15.0. The normalized spacial score (nSPS) is 15.5. The van der Waals surface area contributed by atoms with Crippen LogP contribution >= 0.6 is 0 Å². The molecule has 1 saturated carbocycles. The summed E-state index contributed by atoms with van der Waals surface area (Å²) in [5.74, 6) is -1.83. The van der Waals surface area contributed by atoms with Crippen LogP contribution in [-0.2, 0) is 23.1 Å². The van der Waals surface area contributed by atoms with Crippen molar-refractivity contribution in [3.8, 4) is 11.5 Å². The van der Waals surface area contributed by atoms with Gasteiger partial charge in [0.1, 0.15) is 17.3 Å². The largest absolute Gasteiger partial charge is 0.415 e. The van der Waals surface area contributed by atoms with Crippen LogP contribution in [0.25, 0.3) is 0 Å². The van der Waals surface area contributed by atoms with Crippen LogP contribution in [0.1, 0.15) is 24.0 Å². The Bertz CT molecular complexity index is 1230. The van der Waals surface area contributed by atoms with Gasteiger partial charge in [0, 0.05) is 31.8 Å². The van der Waals surface area contributed by atoms with Gasteiger partial charge in [-0.15, -0.1) is 0 Å². The molecule has 0 saturated heterocycles. The highest BCUT2D eigenvalue weighted by Gasteiger charge is 2.36. The zero-order valence-corrected chi connectivity index (χ0v) is 18.6. The number of halogens is 2. The van der Waals surface area contributed by atoms with Crippen molar-refractivity contribution in [1.29, 1.82) is 0 Å². The SMILES string of the molecule is CN(C)C(=O)Oc1cc(F)c2c(c1)OC(=O)N(Cc1cccc(NS(=O)(=O)C3CC3)c1F)C2. The van der Waals surface area contributed by atoms with Gasteiger partial charge in [-0.25, -0.2) is 26.8 Å². The second-order valence-corrected chi connectivity index (χ2v) is 9.95. The lowest BCUT2D eigenvalue weighted by atomic mass is 10.1. The van der Waals surface area contributed by atoms with Crippen molar-refractivity contribution in [3.63, 3.8) is 0 Å². The fraction of sp³-hybridized carbons (Fsp3) is 0.333. The van der Waals surface area contributed by atoms with E-state index < -0.39 is 39.1 Å². The number of carbonyl (C=O) groups excluding carboxylic acids is 2. The Kier molecular flexibility index (Phi) is 5.87. The molecule has 1 N–H and O–H groups in total. The molecule has 4 rings (SSSR count). The number of benzene rings is 2. The van der Waals surface area contributed by atoms with E-state index in [0.29, 0.717) is 12.8 Å². The molecular formula is C21H21F2N3O6S. The first-order valence-corrected chi connectivity index (χ1v) is 11.6. The number of amides is 2. The molecule has 0 aromatic heterocycles. The van der Waals surface area contributed by atoms with E-state index in [0.717, 1.165) is 15.9 Å². The standard InChI is InChI=1S/C21H21F2N3O6S/c1-25(2)20(27)31-13-8-16(22)15-11-26(21(28)32-18(15)9-13)10-12-4-3-5-17(19(12)23)24-33(29,30)14-6-7-14/h3-5,8-9,14,24H,6-7,10-11H2,1-2H3. The zero-order chi connectivity index (χ0) is 23.9. The monoisotopic (exact) mass is 481 g/mol. The summed E-state index contributed by atoms with van der Waals surface area (Å²) in [6.07, 6.45) is -0.540. The highest BCUT2D eigenvalue weighted by molar-refractivity contribution is 7.93. The molecule has 12 heteroatoms. The van der Waals surface area contributed by atoms with Crippen LogP contribution in [0, 0.1) is 11.6 Å². The van der Waals surface area contributed by atoms with Crippen molar-refractivity contribution in [3.05, 3.63) is 53.1 Å². The second-order valence-electron chi connectivity index (χ2n) is 7.99. The molecule has 2 aliphatic rings. The third-order valence-electron chi connectivity index (χ3n) is 5.16. The molecule has 0 unspecified atom stereocenters. The van der Waals surface area contributed by atoms with Crippen molar-refractivity contribution < 1.29 is 36.3 Å². The van der Waals surface area contributed by atoms with Crippen LogP contribution in [0.15, 0.2) is 30.3 Å². The minimum absolute atomic E-state index is 0.0309. The molecule has 2 amide bonds. The summed E-state index contributed by atoms with van der Waals surface area (Å²) in [6, 6.07) is 6.36. The zero-order valence-electron chi connectivity index (χ0n) is 17.8. The Hall–Kier alpha value is -3.41. The molecule has 1 aliphatic heterocycles. The Morgan fingerprint density at radius 2 is 2.00 bits per heavy atom. The van der Waals surface area contributed by atoms with E-state index >= 15 is 0 Å². The highest BCUT2D eigenvalue weighted by atomic mass is 32.2. The van der Waals surface area contributed by atoms with Crippen molar-refractivity contribution in [2.45, 2.75) is 31.2 Å². The molecule has 2 aromatic rings. The van der Waals surface area contributed by atoms with Gasteiger partial charge in [0.25, 0.3) is 0 Å². The van der Waals surface area contributed by atoms with E-state index in [4.69, 9.17) is 9.47 Å². The number of nitrogens with one attached hydrogen (secondary N) is 1. The van der Waals surface area contributed by atoms with Crippen LogP contribution < -0.4 is 14.2 Å². The summed E-state index contributed by atoms with van der Waals surface area (Å²) >= 11 is 0. The predicted octanol–water partition coefficient (Wildman–Crippen LogP) is 3.44. The molecule has 1 fully saturated rings. The average Bonchev–Trinajstić information content (AvgIpc) is 3.58. The number of sulfonamides is 1. The molecule has 0 bridgehead atoms. The Morgan fingerprint density at radius 3 is 2.67 bits per heavy atom. The van der Waals surface area contributed by atoms with Crippen LogP contribution in [0.4, 0.5) is 24.1 Å². The lowest BCUT2D eigenvalue weighted by Gasteiger charge is -2.29. The molecule has 9 nitrogen and oxygen atoms in total. The molecule has 0 radical (unpaired) electrons. The van der Waals surface area contributed by atoms with E-state index in [1.807, 2.05) is 0 Å².